The number of anilines is 1. The van der Waals surface area contributed by atoms with Gasteiger partial charge in [-0.2, -0.15) is 0 Å². The Morgan fingerprint density at radius 1 is 1.15 bits per heavy atom. The van der Waals surface area contributed by atoms with E-state index in [1.54, 1.807) is 35.5 Å². The van der Waals surface area contributed by atoms with E-state index >= 15 is 0 Å². The van der Waals surface area contributed by atoms with Crippen LogP contribution in [0.5, 0.6) is 5.75 Å². The maximum atomic E-state index is 12.9. The van der Waals surface area contributed by atoms with Gasteiger partial charge in [0.05, 0.1) is 31.2 Å². The van der Waals surface area contributed by atoms with E-state index < -0.39 is 9.84 Å². The number of sulfone groups is 1. The molecule has 0 unspecified atom stereocenters. The Morgan fingerprint density at radius 3 is 2.56 bits per heavy atom. The quantitative estimate of drug-likeness (QED) is 0.758. The van der Waals surface area contributed by atoms with Crippen molar-refractivity contribution in [3.63, 3.8) is 0 Å². The largest absolute Gasteiger partial charge is 0.497 e. The first-order chi connectivity index (χ1) is 13.0. The number of methoxy groups -OCH3 is 1. The van der Waals surface area contributed by atoms with Crippen molar-refractivity contribution < 1.29 is 17.9 Å². The lowest BCUT2D eigenvalue weighted by atomic mass is 10.0. The van der Waals surface area contributed by atoms with Gasteiger partial charge in [-0.05, 0) is 42.1 Å². The number of benzene rings is 1. The summed E-state index contributed by atoms with van der Waals surface area (Å²) in [4.78, 5) is 17.9. The van der Waals surface area contributed by atoms with E-state index in [9.17, 15) is 13.2 Å². The van der Waals surface area contributed by atoms with Gasteiger partial charge in [-0.15, -0.1) is 11.3 Å². The van der Waals surface area contributed by atoms with E-state index in [0.29, 0.717) is 12.3 Å². The molecule has 2 atom stereocenters. The predicted octanol–water partition coefficient (Wildman–Crippen LogP) is 1.81. The highest BCUT2D eigenvalue weighted by Crippen LogP contribution is 2.32. The van der Waals surface area contributed by atoms with Crippen LogP contribution < -0.4 is 9.64 Å². The average Bonchev–Trinajstić information content (AvgIpc) is 3.26. The third-order valence-corrected chi connectivity index (χ3v) is 7.91. The molecular weight excluding hydrogens is 384 g/mol. The Labute approximate surface area is 163 Å². The van der Waals surface area contributed by atoms with Crippen LogP contribution in [0.1, 0.15) is 4.88 Å². The van der Waals surface area contributed by atoms with Crippen molar-refractivity contribution in [2.24, 2.45) is 0 Å². The lowest BCUT2D eigenvalue weighted by Gasteiger charge is -2.43. The summed E-state index contributed by atoms with van der Waals surface area (Å²) < 4.78 is 29.9. The predicted molar refractivity (Wildman–Crippen MR) is 106 cm³/mol. The standard InChI is InChI=1S/C19H22N2O4S2/c1-25-15-6-4-14(5-7-15)21-18-13-27(23,24)12-17(18)20(11-19(21)22)9-8-16-3-2-10-26-16/h2-7,10,17-18H,8-9,11-13H2,1H3/t17-,18+/m1/s1. The van der Waals surface area contributed by atoms with Crippen LogP contribution in [0.15, 0.2) is 41.8 Å². The zero-order chi connectivity index (χ0) is 19.0. The molecule has 2 saturated heterocycles. The van der Waals surface area contributed by atoms with E-state index in [1.165, 1.54) is 4.88 Å². The lowest BCUT2D eigenvalue weighted by Crippen LogP contribution is -2.62. The van der Waals surface area contributed by atoms with Crippen molar-refractivity contribution in [2.45, 2.75) is 18.5 Å². The van der Waals surface area contributed by atoms with Crippen LogP contribution in [-0.4, -0.2) is 63.0 Å². The van der Waals surface area contributed by atoms with Crippen molar-refractivity contribution in [3.8, 4) is 5.75 Å². The zero-order valence-corrected chi connectivity index (χ0v) is 16.7. The van der Waals surface area contributed by atoms with Crippen molar-refractivity contribution in [3.05, 3.63) is 46.7 Å². The number of hydrogen-bond acceptors (Lipinski definition) is 6. The number of hydrogen-bond donors (Lipinski definition) is 0. The van der Waals surface area contributed by atoms with Crippen LogP contribution in [0.2, 0.25) is 0 Å². The van der Waals surface area contributed by atoms with E-state index in [1.807, 2.05) is 23.6 Å². The third kappa shape index (κ3) is 3.74. The number of amides is 1. The number of carbonyl (C=O) groups excluding carboxylic acids is 1. The Kier molecular flexibility index (Phi) is 4.96. The molecule has 0 N–H and O–H groups in total. The molecule has 2 aromatic rings. The lowest BCUT2D eigenvalue weighted by molar-refractivity contribution is -0.123. The van der Waals surface area contributed by atoms with E-state index in [2.05, 4.69) is 11.0 Å². The number of carbonyl (C=O) groups is 1. The van der Waals surface area contributed by atoms with Crippen molar-refractivity contribution >= 4 is 32.8 Å². The van der Waals surface area contributed by atoms with Crippen LogP contribution in [0.25, 0.3) is 0 Å². The van der Waals surface area contributed by atoms with Gasteiger partial charge in [0.15, 0.2) is 9.84 Å². The fourth-order valence-corrected chi connectivity index (χ4v) is 6.67. The number of nitrogens with zero attached hydrogens (tertiary/aromatic N) is 2. The van der Waals surface area contributed by atoms with Gasteiger partial charge in [0.2, 0.25) is 5.91 Å². The Balaban J connectivity index is 1.59. The zero-order valence-electron chi connectivity index (χ0n) is 15.1. The van der Waals surface area contributed by atoms with E-state index in [4.69, 9.17) is 4.74 Å². The molecule has 27 heavy (non-hydrogen) atoms. The molecule has 0 radical (unpaired) electrons. The fourth-order valence-electron chi connectivity index (χ4n) is 3.99. The monoisotopic (exact) mass is 406 g/mol. The molecule has 2 aliphatic rings. The molecule has 4 rings (SSSR count). The molecule has 6 nitrogen and oxygen atoms in total. The van der Waals surface area contributed by atoms with Crippen LogP contribution in [0.4, 0.5) is 5.69 Å². The summed E-state index contributed by atoms with van der Waals surface area (Å²) in [7, 11) is -1.58. The van der Waals surface area contributed by atoms with Crippen LogP contribution in [0.3, 0.4) is 0 Å². The molecule has 1 aromatic heterocycles. The highest BCUT2D eigenvalue weighted by Gasteiger charge is 2.49. The van der Waals surface area contributed by atoms with Gasteiger partial charge in [0.1, 0.15) is 5.75 Å². The summed E-state index contributed by atoms with van der Waals surface area (Å²) >= 11 is 1.69. The summed E-state index contributed by atoms with van der Waals surface area (Å²) in [6.45, 7) is 0.938. The molecule has 0 spiro atoms. The van der Waals surface area contributed by atoms with Gasteiger partial charge in [0, 0.05) is 23.2 Å². The molecule has 1 aromatic carbocycles. The SMILES string of the molecule is COc1ccc(N2C(=O)CN(CCc3cccs3)[C@@H]3CS(=O)(=O)C[C@@H]32)cc1. The fraction of sp³-hybridized carbons (Fsp3) is 0.421. The summed E-state index contributed by atoms with van der Waals surface area (Å²) in [5.74, 6) is 0.786. The first kappa shape index (κ1) is 18.5. The molecule has 1 amide bonds. The second-order valence-electron chi connectivity index (χ2n) is 6.97. The maximum Gasteiger partial charge on any atom is 0.241 e. The van der Waals surface area contributed by atoms with E-state index in [-0.39, 0.29) is 36.0 Å². The minimum Gasteiger partial charge on any atom is -0.497 e. The highest BCUT2D eigenvalue weighted by molar-refractivity contribution is 7.91. The molecular formula is C19H22N2O4S2. The van der Waals surface area contributed by atoms with Gasteiger partial charge in [-0.3, -0.25) is 9.69 Å². The smallest absolute Gasteiger partial charge is 0.241 e. The van der Waals surface area contributed by atoms with Crippen molar-refractivity contribution in [2.75, 3.05) is 36.6 Å². The molecule has 0 aliphatic carbocycles. The third-order valence-electron chi connectivity index (χ3n) is 5.28. The Hall–Kier alpha value is -1.90. The molecule has 8 heteroatoms. The van der Waals surface area contributed by atoms with Crippen molar-refractivity contribution in [1.29, 1.82) is 0 Å². The average molecular weight is 407 g/mol. The van der Waals surface area contributed by atoms with Gasteiger partial charge in [-0.25, -0.2) is 8.42 Å². The normalized spacial score (nSPS) is 24.8. The topological polar surface area (TPSA) is 66.9 Å². The molecule has 3 heterocycles. The van der Waals surface area contributed by atoms with Crippen LogP contribution >= 0.6 is 11.3 Å². The van der Waals surface area contributed by atoms with Crippen molar-refractivity contribution in [1.82, 2.24) is 4.90 Å². The minimum atomic E-state index is -3.17. The number of thiophene rings is 1. The van der Waals surface area contributed by atoms with Gasteiger partial charge in [0.25, 0.3) is 0 Å². The summed E-state index contributed by atoms with van der Waals surface area (Å²) in [6.07, 6.45) is 0.830. The first-order valence-electron chi connectivity index (χ1n) is 8.90. The summed E-state index contributed by atoms with van der Waals surface area (Å²) in [5.41, 5.74) is 0.728. The van der Waals surface area contributed by atoms with Gasteiger partial charge >= 0.3 is 0 Å². The number of fused-ring (bicyclic) bond motifs is 1. The Morgan fingerprint density at radius 2 is 1.89 bits per heavy atom. The number of rotatable bonds is 5. The van der Waals surface area contributed by atoms with E-state index in [0.717, 1.165) is 12.1 Å². The van der Waals surface area contributed by atoms with Gasteiger partial charge in [-0.1, -0.05) is 6.07 Å². The summed E-state index contributed by atoms with van der Waals surface area (Å²) in [6, 6.07) is 10.8. The maximum absolute atomic E-state index is 12.9. The second kappa shape index (κ2) is 7.26. The Bertz CT molecular complexity index is 910. The molecule has 2 aliphatic heterocycles. The molecule has 144 valence electrons. The van der Waals surface area contributed by atoms with Gasteiger partial charge < -0.3 is 9.64 Å². The summed E-state index contributed by atoms with van der Waals surface area (Å²) in [5, 5.41) is 2.03. The minimum absolute atomic E-state index is 0.0188. The number of piperazine rings is 1. The second-order valence-corrected chi connectivity index (χ2v) is 10.2. The molecule has 2 fully saturated rings. The van der Waals surface area contributed by atoms with Crippen LogP contribution in [0, 0.1) is 0 Å². The highest BCUT2D eigenvalue weighted by atomic mass is 32.2. The number of ether oxygens (including phenoxy) is 1. The molecule has 0 saturated carbocycles. The molecule has 0 bridgehead atoms. The van der Waals surface area contributed by atoms with Crippen LogP contribution in [-0.2, 0) is 21.1 Å². The first-order valence-corrected chi connectivity index (χ1v) is 11.6.